The predicted octanol–water partition coefficient (Wildman–Crippen LogP) is 3.89. The van der Waals surface area contributed by atoms with Crippen LogP contribution in [-0.2, 0) is 15.0 Å². The molecule has 1 aliphatic rings. The van der Waals surface area contributed by atoms with Gasteiger partial charge in [0.2, 0.25) is 11.8 Å². The van der Waals surface area contributed by atoms with Crippen molar-refractivity contribution >= 4 is 17.5 Å². The van der Waals surface area contributed by atoms with E-state index in [0.29, 0.717) is 0 Å². The number of benzene rings is 1. The van der Waals surface area contributed by atoms with Crippen LogP contribution in [0.15, 0.2) is 24.3 Å². The molecule has 0 saturated carbocycles. The second-order valence-corrected chi connectivity index (χ2v) is 9.35. The average Bonchev–Trinajstić information content (AvgIpc) is 2.66. The first kappa shape index (κ1) is 22.4. The molecule has 1 heterocycles. The topological polar surface area (TPSA) is 52.7 Å². The van der Waals surface area contributed by atoms with Crippen molar-refractivity contribution in [2.45, 2.75) is 71.9 Å². The molecule has 156 valence electrons. The summed E-state index contributed by atoms with van der Waals surface area (Å²) in [5, 5.41) is 3.03. The van der Waals surface area contributed by atoms with Gasteiger partial charge in [-0.05, 0) is 69.8 Å². The summed E-state index contributed by atoms with van der Waals surface area (Å²) >= 11 is 0. The SMILES string of the molecule is CC(C(=O)Nc1ccc(C(C)(C)C)cc1)N1CCC(C(=O)N(C)C(C)C)CC1. The predicted molar refractivity (Wildman–Crippen MR) is 115 cm³/mol. The minimum Gasteiger partial charge on any atom is -0.343 e. The molecule has 0 aliphatic carbocycles. The monoisotopic (exact) mass is 387 g/mol. The van der Waals surface area contributed by atoms with Gasteiger partial charge in [0.25, 0.3) is 0 Å². The Kier molecular flexibility index (Phi) is 7.27. The molecule has 1 atom stereocenters. The van der Waals surface area contributed by atoms with Crippen LogP contribution >= 0.6 is 0 Å². The van der Waals surface area contributed by atoms with Gasteiger partial charge in [-0.25, -0.2) is 0 Å². The number of nitrogens with zero attached hydrogens (tertiary/aromatic N) is 2. The van der Waals surface area contributed by atoms with Gasteiger partial charge in [0.1, 0.15) is 0 Å². The normalized spacial score (nSPS) is 17.4. The molecular formula is C23H37N3O2. The molecule has 0 bridgehead atoms. The third-order valence-corrected chi connectivity index (χ3v) is 5.95. The number of amides is 2. The second-order valence-electron chi connectivity index (χ2n) is 9.35. The molecule has 1 aliphatic heterocycles. The second kappa shape index (κ2) is 9.08. The maximum Gasteiger partial charge on any atom is 0.241 e. The summed E-state index contributed by atoms with van der Waals surface area (Å²) in [7, 11) is 1.88. The van der Waals surface area contributed by atoms with E-state index in [-0.39, 0.29) is 35.2 Å². The van der Waals surface area contributed by atoms with Gasteiger partial charge in [0, 0.05) is 24.7 Å². The van der Waals surface area contributed by atoms with Gasteiger partial charge in [-0.15, -0.1) is 0 Å². The lowest BCUT2D eigenvalue weighted by atomic mass is 9.87. The Morgan fingerprint density at radius 3 is 2.07 bits per heavy atom. The minimum absolute atomic E-state index is 0.00702. The maximum absolute atomic E-state index is 12.7. The highest BCUT2D eigenvalue weighted by Crippen LogP contribution is 2.24. The summed E-state index contributed by atoms with van der Waals surface area (Å²) in [6.45, 7) is 14.1. The summed E-state index contributed by atoms with van der Waals surface area (Å²) in [6, 6.07) is 8.10. The van der Waals surface area contributed by atoms with Crippen molar-refractivity contribution < 1.29 is 9.59 Å². The average molecular weight is 388 g/mol. The van der Waals surface area contributed by atoms with E-state index in [9.17, 15) is 9.59 Å². The molecule has 1 unspecified atom stereocenters. The fourth-order valence-electron chi connectivity index (χ4n) is 3.54. The highest BCUT2D eigenvalue weighted by molar-refractivity contribution is 5.94. The molecule has 2 amide bonds. The van der Waals surface area contributed by atoms with E-state index >= 15 is 0 Å². The van der Waals surface area contributed by atoms with Crippen LogP contribution in [0.25, 0.3) is 0 Å². The molecule has 0 spiro atoms. The van der Waals surface area contributed by atoms with E-state index < -0.39 is 0 Å². The highest BCUT2D eigenvalue weighted by Gasteiger charge is 2.31. The van der Waals surface area contributed by atoms with Gasteiger partial charge in [0.15, 0.2) is 0 Å². The Bertz CT molecular complexity index is 668. The van der Waals surface area contributed by atoms with Crippen molar-refractivity contribution in [3.05, 3.63) is 29.8 Å². The van der Waals surface area contributed by atoms with Crippen molar-refractivity contribution in [3.63, 3.8) is 0 Å². The van der Waals surface area contributed by atoms with E-state index in [4.69, 9.17) is 0 Å². The summed E-state index contributed by atoms with van der Waals surface area (Å²) in [6.07, 6.45) is 1.63. The molecule has 1 fully saturated rings. The Hall–Kier alpha value is -1.88. The van der Waals surface area contributed by atoms with Crippen LogP contribution in [0.2, 0.25) is 0 Å². The molecule has 5 heteroatoms. The molecular weight excluding hydrogens is 350 g/mol. The first-order chi connectivity index (χ1) is 13.0. The van der Waals surface area contributed by atoms with Gasteiger partial charge in [0.05, 0.1) is 6.04 Å². The van der Waals surface area contributed by atoms with E-state index in [0.717, 1.165) is 31.6 Å². The van der Waals surface area contributed by atoms with Gasteiger partial charge < -0.3 is 10.2 Å². The number of carbonyl (C=O) groups excluding carboxylic acids is 2. The van der Waals surface area contributed by atoms with Gasteiger partial charge >= 0.3 is 0 Å². The van der Waals surface area contributed by atoms with Gasteiger partial charge in [-0.2, -0.15) is 0 Å². The van der Waals surface area contributed by atoms with Crippen molar-refractivity contribution in [1.82, 2.24) is 9.80 Å². The molecule has 1 aromatic rings. The van der Waals surface area contributed by atoms with E-state index in [1.54, 1.807) is 0 Å². The zero-order valence-corrected chi connectivity index (χ0v) is 18.6. The Morgan fingerprint density at radius 2 is 1.61 bits per heavy atom. The third kappa shape index (κ3) is 5.57. The molecule has 1 saturated heterocycles. The van der Waals surface area contributed by atoms with Crippen LogP contribution in [0.1, 0.15) is 59.9 Å². The van der Waals surface area contributed by atoms with Crippen LogP contribution in [0, 0.1) is 5.92 Å². The molecule has 1 aromatic carbocycles. The quantitative estimate of drug-likeness (QED) is 0.834. The van der Waals surface area contributed by atoms with Gasteiger partial charge in [-0.1, -0.05) is 32.9 Å². The van der Waals surface area contributed by atoms with Crippen molar-refractivity contribution in [2.24, 2.45) is 5.92 Å². The fourth-order valence-corrected chi connectivity index (χ4v) is 3.54. The van der Waals surface area contributed by atoms with E-state index in [1.807, 2.05) is 44.9 Å². The maximum atomic E-state index is 12.7. The van der Waals surface area contributed by atoms with E-state index in [2.05, 4.69) is 43.1 Å². The molecule has 5 nitrogen and oxygen atoms in total. The standard InChI is InChI=1S/C23H37N3O2/c1-16(2)25(7)22(28)18-12-14-26(15-13-18)17(3)21(27)24-20-10-8-19(9-11-20)23(4,5)6/h8-11,16-18H,12-15H2,1-7H3,(H,24,27). The third-order valence-electron chi connectivity index (χ3n) is 5.95. The van der Waals surface area contributed by atoms with Crippen molar-refractivity contribution in [2.75, 3.05) is 25.5 Å². The summed E-state index contributed by atoms with van der Waals surface area (Å²) in [5.74, 6) is 0.308. The molecule has 0 radical (unpaired) electrons. The first-order valence-corrected chi connectivity index (χ1v) is 10.4. The number of anilines is 1. The number of carbonyl (C=O) groups is 2. The lowest BCUT2D eigenvalue weighted by Crippen LogP contribution is -2.48. The number of rotatable bonds is 5. The lowest BCUT2D eigenvalue weighted by molar-refractivity contribution is -0.137. The molecule has 28 heavy (non-hydrogen) atoms. The summed E-state index contributed by atoms with van der Waals surface area (Å²) in [4.78, 5) is 29.2. The molecule has 0 aromatic heterocycles. The number of hydrogen-bond donors (Lipinski definition) is 1. The van der Waals surface area contributed by atoms with Crippen LogP contribution in [0.4, 0.5) is 5.69 Å². The largest absolute Gasteiger partial charge is 0.343 e. The van der Waals surface area contributed by atoms with E-state index in [1.165, 1.54) is 5.56 Å². The van der Waals surface area contributed by atoms with Crippen LogP contribution in [-0.4, -0.2) is 53.8 Å². The molecule has 1 N–H and O–H groups in total. The summed E-state index contributed by atoms with van der Waals surface area (Å²) < 4.78 is 0. The smallest absolute Gasteiger partial charge is 0.241 e. The number of likely N-dealkylation sites (tertiary alicyclic amines) is 1. The van der Waals surface area contributed by atoms with Crippen molar-refractivity contribution in [3.8, 4) is 0 Å². The highest BCUT2D eigenvalue weighted by atomic mass is 16.2. The molecule has 2 rings (SSSR count). The van der Waals surface area contributed by atoms with Crippen LogP contribution in [0.5, 0.6) is 0 Å². The Labute approximate surface area is 170 Å². The first-order valence-electron chi connectivity index (χ1n) is 10.4. The van der Waals surface area contributed by atoms with Crippen LogP contribution in [0.3, 0.4) is 0 Å². The fraction of sp³-hybridized carbons (Fsp3) is 0.652. The number of hydrogen-bond acceptors (Lipinski definition) is 3. The zero-order valence-electron chi connectivity index (χ0n) is 18.6. The minimum atomic E-state index is -0.207. The Balaban J connectivity index is 1.88. The van der Waals surface area contributed by atoms with Gasteiger partial charge in [-0.3, -0.25) is 14.5 Å². The van der Waals surface area contributed by atoms with Crippen LogP contribution < -0.4 is 5.32 Å². The number of nitrogens with one attached hydrogen (secondary N) is 1. The van der Waals surface area contributed by atoms with Crippen molar-refractivity contribution in [1.29, 1.82) is 0 Å². The lowest BCUT2D eigenvalue weighted by Gasteiger charge is -2.36. The number of piperidine rings is 1. The summed E-state index contributed by atoms with van der Waals surface area (Å²) in [5.41, 5.74) is 2.17. The Morgan fingerprint density at radius 1 is 1.07 bits per heavy atom. The zero-order chi connectivity index (χ0) is 21.1.